The zero-order valence-electron chi connectivity index (χ0n) is 9.13. The van der Waals surface area contributed by atoms with Crippen LogP contribution < -0.4 is 0 Å². The van der Waals surface area contributed by atoms with Gasteiger partial charge < -0.3 is 19.7 Å². The van der Waals surface area contributed by atoms with Crippen LogP contribution in [-0.2, 0) is 14.3 Å². The number of hydrogen-bond acceptors (Lipinski definition) is 5. The van der Waals surface area contributed by atoms with Crippen molar-refractivity contribution in [2.24, 2.45) is 17.8 Å². The van der Waals surface area contributed by atoms with Gasteiger partial charge in [-0.05, 0) is 17.9 Å². The summed E-state index contributed by atoms with van der Waals surface area (Å²) in [6, 6.07) is 0. The Labute approximate surface area is 93.7 Å². The van der Waals surface area contributed by atoms with E-state index in [4.69, 9.17) is 9.47 Å². The first-order chi connectivity index (χ1) is 7.72. The number of cyclic esters (lactones) is 1. The average molecular weight is 228 g/mol. The maximum absolute atomic E-state index is 11.6. The van der Waals surface area contributed by atoms with E-state index in [1.54, 1.807) is 0 Å². The molecule has 90 valence electrons. The number of rotatable bonds is 3. The van der Waals surface area contributed by atoms with E-state index >= 15 is 0 Å². The van der Waals surface area contributed by atoms with E-state index in [1.165, 1.54) is 7.11 Å². The largest absolute Gasteiger partial charge is 0.435 e. The molecule has 1 heterocycles. The van der Waals surface area contributed by atoms with Crippen molar-refractivity contribution in [3.8, 4) is 0 Å². The quantitative estimate of drug-likeness (QED) is 0.511. The van der Waals surface area contributed by atoms with Gasteiger partial charge in [-0.15, -0.1) is 0 Å². The Hall–Kier alpha value is -0.910. The fourth-order valence-corrected chi connectivity index (χ4v) is 2.66. The van der Waals surface area contributed by atoms with Gasteiger partial charge in [0.2, 0.25) is 6.29 Å². The number of methoxy groups -OCH3 is 1. The number of esters is 1. The van der Waals surface area contributed by atoms with Gasteiger partial charge in [-0.1, -0.05) is 6.08 Å². The summed E-state index contributed by atoms with van der Waals surface area (Å²) in [5, 5.41) is 18.4. The summed E-state index contributed by atoms with van der Waals surface area (Å²) in [6.45, 7) is -0.278. The Kier molecular flexibility index (Phi) is 3.28. The minimum Gasteiger partial charge on any atom is -0.435 e. The van der Waals surface area contributed by atoms with Crippen LogP contribution in [-0.4, -0.2) is 42.8 Å². The van der Waals surface area contributed by atoms with Crippen molar-refractivity contribution >= 4 is 5.97 Å². The third-order valence-corrected chi connectivity index (χ3v) is 3.50. The predicted molar refractivity (Wildman–Crippen MR) is 54.2 cm³/mol. The summed E-state index contributed by atoms with van der Waals surface area (Å²) in [6.07, 6.45) is 1.95. The molecule has 1 aliphatic heterocycles. The Morgan fingerprint density at radius 3 is 2.88 bits per heavy atom. The molecule has 1 aliphatic carbocycles. The van der Waals surface area contributed by atoms with E-state index in [9.17, 15) is 15.0 Å². The van der Waals surface area contributed by atoms with Gasteiger partial charge in [0.05, 0.1) is 19.1 Å². The summed E-state index contributed by atoms with van der Waals surface area (Å²) in [5.41, 5.74) is 0.836. The topological polar surface area (TPSA) is 76.0 Å². The molecule has 2 rings (SSSR count). The van der Waals surface area contributed by atoms with Crippen molar-refractivity contribution in [3.63, 3.8) is 0 Å². The number of aliphatic hydroxyl groups excluding tert-OH is 2. The number of aliphatic hydroxyl groups is 2. The van der Waals surface area contributed by atoms with Gasteiger partial charge in [-0.25, -0.2) is 0 Å². The average Bonchev–Trinajstić information content (AvgIpc) is 2.71. The molecular formula is C11H16O5. The number of fused-ring (bicyclic) bond motifs is 1. The molecule has 1 saturated heterocycles. The van der Waals surface area contributed by atoms with Crippen LogP contribution in [0.5, 0.6) is 0 Å². The van der Waals surface area contributed by atoms with Crippen molar-refractivity contribution < 1.29 is 24.5 Å². The van der Waals surface area contributed by atoms with Crippen molar-refractivity contribution in [2.75, 3.05) is 20.3 Å². The zero-order valence-corrected chi connectivity index (χ0v) is 9.13. The second-order valence-corrected chi connectivity index (χ2v) is 4.19. The van der Waals surface area contributed by atoms with E-state index in [0.717, 1.165) is 5.57 Å². The van der Waals surface area contributed by atoms with Crippen LogP contribution in [0.15, 0.2) is 11.6 Å². The molecular weight excluding hydrogens is 212 g/mol. The Morgan fingerprint density at radius 2 is 2.31 bits per heavy atom. The normalized spacial score (nSPS) is 37.9. The van der Waals surface area contributed by atoms with Crippen LogP contribution in [0.25, 0.3) is 0 Å². The van der Waals surface area contributed by atoms with Crippen LogP contribution >= 0.6 is 0 Å². The summed E-state index contributed by atoms with van der Waals surface area (Å²) in [5.74, 6) is -1.05. The van der Waals surface area contributed by atoms with E-state index < -0.39 is 18.2 Å². The van der Waals surface area contributed by atoms with Gasteiger partial charge >= 0.3 is 5.97 Å². The Balaban J connectivity index is 2.24. The summed E-state index contributed by atoms with van der Waals surface area (Å²) < 4.78 is 10.2. The second-order valence-electron chi connectivity index (χ2n) is 4.19. The number of ether oxygens (including phenoxy) is 2. The molecule has 5 nitrogen and oxygen atoms in total. The number of hydrogen-bond donors (Lipinski definition) is 2. The third-order valence-electron chi connectivity index (χ3n) is 3.50. The summed E-state index contributed by atoms with van der Waals surface area (Å²) in [7, 11) is 1.47. The standard InChI is InChI=1S/C11H16O5/c1-15-11-9-6(4-12)2-3-7(9)8(5-13)10(14)16-11/h2,7-9,11-13H,3-5H2,1H3/t7-,8+,9-,11-/m1/s1. The van der Waals surface area contributed by atoms with Crippen molar-refractivity contribution in [2.45, 2.75) is 12.7 Å². The third kappa shape index (κ3) is 1.65. The minimum absolute atomic E-state index is 0.0154. The molecule has 0 unspecified atom stereocenters. The SMILES string of the molecule is CO[C@@H]1OC(=O)[C@@H](CO)[C@H]2CC=C(CO)[C@@H]12. The van der Waals surface area contributed by atoms with Gasteiger partial charge in [0.1, 0.15) is 0 Å². The fraction of sp³-hybridized carbons (Fsp3) is 0.727. The molecule has 4 atom stereocenters. The molecule has 2 N–H and O–H groups in total. The van der Waals surface area contributed by atoms with Crippen molar-refractivity contribution in [3.05, 3.63) is 11.6 Å². The maximum atomic E-state index is 11.6. The van der Waals surface area contributed by atoms with E-state index in [1.807, 2.05) is 6.08 Å². The second kappa shape index (κ2) is 4.53. The lowest BCUT2D eigenvalue weighted by atomic mass is 9.79. The van der Waals surface area contributed by atoms with Gasteiger partial charge in [0, 0.05) is 13.0 Å². The molecule has 0 radical (unpaired) electrons. The number of carbonyl (C=O) groups is 1. The summed E-state index contributed by atoms with van der Waals surface area (Å²) >= 11 is 0. The van der Waals surface area contributed by atoms with Gasteiger partial charge in [0.25, 0.3) is 0 Å². The first-order valence-corrected chi connectivity index (χ1v) is 5.36. The van der Waals surface area contributed by atoms with Gasteiger partial charge in [0.15, 0.2) is 0 Å². The first-order valence-electron chi connectivity index (χ1n) is 5.36. The van der Waals surface area contributed by atoms with Crippen LogP contribution in [0.1, 0.15) is 6.42 Å². The molecule has 5 heteroatoms. The lowest BCUT2D eigenvalue weighted by molar-refractivity contribution is -0.211. The van der Waals surface area contributed by atoms with Crippen LogP contribution in [0.2, 0.25) is 0 Å². The monoisotopic (exact) mass is 228 g/mol. The van der Waals surface area contributed by atoms with E-state index in [-0.39, 0.29) is 25.0 Å². The Bertz CT molecular complexity index is 311. The van der Waals surface area contributed by atoms with Crippen LogP contribution in [0.3, 0.4) is 0 Å². The minimum atomic E-state index is -0.638. The van der Waals surface area contributed by atoms with Crippen LogP contribution in [0, 0.1) is 17.8 Å². The van der Waals surface area contributed by atoms with E-state index in [0.29, 0.717) is 6.42 Å². The molecule has 0 amide bonds. The lowest BCUT2D eigenvalue weighted by Gasteiger charge is -2.37. The first kappa shape index (κ1) is 11.6. The molecule has 0 aromatic rings. The highest BCUT2D eigenvalue weighted by Gasteiger charge is 2.49. The maximum Gasteiger partial charge on any atom is 0.313 e. The highest BCUT2D eigenvalue weighted by molar-refractivity contribution is 5.74. The molecule has 0 spiro atoms. The molecule has 0 aromatic heterocycles. The van der Waals surface area contributed by atoms with Crippen molar-refractivity contribution in [1.82, 2.24) is 0 Å². The molecule has 1 fully saturated rings. The fourth-order valence-electron chi connectivity index (χ4n) is 2.66. The predicted octanol–water partition coefficient (Wildman–Crippen LogP) is -0.321. The van der Waals surface area contributed by atoms with Gasteiger partial charge in [-0.3, -0.25) is 4.79 Å². The molecule has 0 aromatic carbocycles. The lowest BCUT2D eigenvalue weighted by Crippen LogP contribution is -2.46. The van der Waals surface area contributed by atoms with E-state index in [2.05, 4.69) is 0 Å². The Morgan fingerprint density at radius 1 is 1.56 bits per heavy atom. The molecule has 16 heavy (non-hydrogen) atoms. The summed E-state index contributed by atoms with van der Waals surface area (Å²) in [4.78, 5) is 11.6. The van der Waals surface area contributed by atoms with Crippen LogP contribution in [0.4, 0.5) is 0 Å². The van der Waals surface area contributed by atoms with Crippen molar-refractivity contribution in [1.29, 1.82) is 0 Å². The molecule has 0 saturated carbocycles. The number of carbonyl (C=O) groups excluding carboxylic acids is 1. The molecule has 0 bridgehead atoms. The highest BCUT2D eigenvalue weighted by Crippen LogP contribution is 2.43. The molecule has 2 aliphatic rings. The number of allylic oxidation sites excluding steroid dienone is 1. The highest BCUT2D eigenvalue weighted by atomic mass is 16.7. The smallest absolute Gasteiger partial charge is 0.313 e. The van der Waals surface area contributed by atoms with Gasteiger partial charge in [-0.2, -0.15) is 0 Å². The zero-order chi connectivity index (χ0) is 11.7.